The highest BCUT2D eigenvalue weighted by molar-refractivity contribution is 6.08. The maximum atomic E-state index is 12.0. The van der Waals surface area contributed by atoms with Gasteiger partial charge in [-0.15, -0.1) is 0 Å². The summed E-state index contributed by atoms with van der Waals surface area (Å²) in [7, 11) is 0. The van der Waals surface area contributed by atoms with Gasteiger partial charge in [-0.3, -0.25) is 14.7 Å². The normalized spacial score (nSPS) is 47.7. The molecule has 1 N–H and O–H groups in total. The Bertz CT molecular complexity index is 906. The van der Waals surface area contributed by atoms with Gasteiger partial charge < -0.3 is 9.84 Å². The predicted octanol–water partition coefficient (Wildman–Crippen LogP) is 2.31. The first-order valence-electron chi connectivity index (χ1n) is 9.55. The summed E-state index contributed by atoms with van der Waals surface area (Å²) in [4.78, 5) is 19.3. The third-order valence-corrected chi connectivity index (χ3v) is 7.53. The highest BCUT2D eigenvalue weighted by atomic mass is 16.5. The van der Waals surface area contributed by atoms with Gasteiger partial charge in [-0.05, 0) is 42.9 Å². The summed E-state index contributed by atoms with van der Waals surface area (Å²) in [6.07, 6.45) is 3.17. The molecular weight excluding hydrogens is 328 g/mol. The van der Waals surface area contributed by atoms with Crippen molar-refractivity contribution in [3.63, 3.8) is 0 Å². The van der Waals surface area contributed by atoms with Crippen molar-refractivity contribution in [2.45, 2.75) is 56.5 Å². The van der Waals surface area contributed by atoms with E-state index in [2.05, 4.69) is 29.2 Å². The Morgan fingerprint density at radius 2 is 2.23 bits per heavy atom. The topological polar surface area (TPSA) is 62.1 Å². The molecule has 134 valence electrons. The molecule has 5 heteroatoms. The lowest BCUT2D eigenvalue weighted by atomic mass is 9.66. The van der Waals surface area contributed by atoms with Gasteiger partial charge in [0.1, 0.15) is 12.3 Å². The van der Waals surface area contributed by atoms with Crippen LogP contribution in [0.25, 0.3) is 0 Å². The Labute approximate surface area is 152 Å². The molecule has 5 bridgehead atoms. The molecule has 3 unspecified atom stereocenters. The molecule has 1 aromatic rings. The number of nitrogens with zero attached hydrogens (tertiary/aromatic N) is 2. The van der Waals surface area contributed by atoms with E-state index in [1.54, 1.807) is 0 Å². The van der Waals surface area contributed by atoms with Crippen LogP contribution in [-0.2, 0) is 14.9 Å². The molecule has 5 aliphatic heterocycles. The Morgan fingerprint density at radius 1 is 1.42 bits per heavy atom. The van der Waals surface area contributed by atoms with Crippen LogP contribution in [-0.4, -0.2) is 46.1 Å². The van der Waals surface area contributed by atoms with Crippen LogP contribution in [0.5, 0.6) is 0 Å². The summed E-state index contributed by atoms with van der Waals surface area (Å²) in [5, 5.41) is 11.0. The molecule has 5 fully saturated rings. The quantitative estimate of drug-likeness (QED) is 0.624. The highest BCUT2D eigenvalue weighted by Crippen LogP contribution is 2.67. The number of para-hydroxylation sites is 1. The summed E-state index contributed by atoms with van der Waals surface area (Å²) in [5.74, 6) is 0.264. The van der Waals surface area contributed by atoms with Crippen LogP contribution in [0.2, 0.25) is 0 Å². The fourth-order valence-corrected chi connectivity index (χ4v) is 6.90. The third kappa shape index (κ3) is 1.45. The van der Waals surface area contributed by atoms with Crippen molar-refractivity contribution in [2.75, 3.05) is 0 Å². The van der Waals surface area contributed by atoms with E-state index >= 15 is 0 Å². The maximum absolute atomic E-state index is 12.0. The summed E-state index contributed by atoms with van der Waals surface area (Å²) >= 11 is 0. The number of aliphatic hydroxyl groups excluding tert-OH is 1. The summed E-state index contributed by atoms with van der Waals surface area (Å²) in [5.41, 5.74) is 4.10. The number of carbonyl (C=O) groups excluding carboxylic acids is 1. The number of carbonyl (C=O) groups is 1. The number of ether oxygens (including phenoxy) is 1. The van der Waals surface area contributed by atoms with Gasteiger partial charge in [0.15, 0.2) is 0 Å². The number of rotatable bonds is 1. The molecule has 0 aromatic heterocycles. The van der Waals surface area contributed by atoms with Crippen LogP contribution >= 0.6 is 0 Å². The van der Waals surface area contributed by atoms with E-state index in [1.165, 1.54) is 12.5 Å². The zero-order valence-corrected chi connectivity index (χ0v) is 14.9. The minimum Gasteiger partial charge on any atom is -0.461 e. The Balaban J connectivity index is 1.62. The summed E-state index contributed by atoms with van der Waals surface area (Å²) in [6.45, 7) is 3.51. The van der Waals surface area contributed by atoms with Crippen molar-refractivity contribution in [1.29, 1.82) is 0 Å². The largest absolute Gasteiger partial charge is 0.461 e. The average molecular weight is 350 g/mol. The van der Waals surface area contributed by atoms with Gasteiger partial charge in [0.05, 0.1) is 22.9 Å². The van der Waals surface area contributed by atoms with E-state index in [0.717, 1.165) is 29.8 Å². The average Bonchev–Trinajstić information content (AvgIpc) is 3.08. The van der Waals surface area contributed by atoms with Crippen molar-refractivity contribution < 1.29 is 14.6 Å². The van der Waals surface area contributed by atoms with Gasteiger partial charge in [-0.2, -0.15) is 0 Å². The number of hydrogen-bond donors (Lipinski definition) is 1. The van der Waals surface area contributed by atoms with E-state index in [4.69, 9.17) is 9.73 Å². The van der Waals surface area contributed by atoms with Gasteiger partial charge in [-0.25, -0.2) is 0 Å². The summed E-state index contributed by atoms with van der Waals surface area (Å²) < 4.78 is 6.04. The lowest BCUT2D eigenvalue weighted by molar-refractivity contribution is -0.156. The monoisotopic (exact) mass is 350 g/mol. The second-order valence-electron chi connectivity index (χ2n) is 8.33. The Kier molecular flexibility index (Phi) is 2.70. The molecule has 5 nitrogen and oxygen atoms in total. The van der Waals surface area contributed by atoms with Gasteiger partial charge >= 0.3 is 5.97 Å². The molecule has 8 atom stereocenters. The fraction of sp³-hybridized carbons (Fsp3) is 0.524. The number of hydrogen-bond acceptors (Lipinski definition) is 5. The van der Waals surface area contributed by atoms with E-state index in [9.17, 15) is 9.90 Å². The molecule has 6 aliphatic rings. The van der Waals surface area contributed by atoms with Crippen LogP contribution in [0.15, 0.2) is 40.9 Å². The second kappa shape index (κ2) is 4.65. The zero-order chi connectivity index (χ0) is 17.8. The molecule has 7 rings (SSSR count). The standard InChI is InChI=1S/C21H22N2O3/c1-3-11-12-8-15-18-21(13-6-4-5-7-14(13)22-18)9-16(23(15)20(11)25)17(12)19(21)26-10(2)24/h3-7,12,15-17,19-20,25H,8-9H2,1-2H3/b11-3+/t12-,15-,16-,17?,19?,20+,21+/m0/s1. The molecular formula is C21H22N2O3. The van der Waals surface area contributed by atoms with Gasteiger partial charge in [0.2, 0.25) is 0 Å². The van der Waals surface area contributed by atoms with E-state index in [0.29, 0.717) is 0 Å². The molecule has 0 amide bonds. The molecule has 1 saturated carbocycles. The number of aliphatic hydroxyl groups is 1. The van der Waals surface area contributed by atoms with Crippen molar-refractivity contribution >= 4 is 17.4 Å². The lowest BCUT2D eigenvalue weighted by Gasteiger charge is -2.58. The van der Waals surface area contributed by atoms with Gasteiger partial charge in [0, 0.05) is 18.9 Å². The first-order valence-corrected chi connectivity index (χ1v) is 9.55. The third-order valence-electron chi connectivity index (χ3n) is 7.53. The second-order valence-corrected chi connectivity index (χ2v) is 8.33. The molecule has 26 heavy (non-hydrogen) atoms. The first kappa shape index (κ1) is 15.1. The van der Waals surface area contributed by atoms with E-state index in [-0.39, 0.29) is 41.4 Å². The Hall–Kier alpha value is -1.98. The molecule has 1 aliphatic carbocycles. The first-order chi connectivity index (χ1) is 12.6. The summed E-state index contributed by atoms with van der Waals surface area (Å²) in [6, 6.07) is 8.67. The zero-order valence-electron chi connectivity index (χ0n) is 14.9. The van der Waals surface area contributed by atoms with Crippen LogP contribution < -0.4 is 0 Å². The lowest BCUT2D eigenvalue weighted by Crippen LogP contribution is -2.68. The number of aliphatic imine (C=N–C) groups is 1. The molecule has 1 spiro atoms. The van der Waals surface area contributed by atoms with E-state index < -0.39 is 6.23 Å². The van der Waals surface area contributed by atoms with Crippen molar-refractivity contribution in [3.05, 3.63) is 41.5 Å². The van der Waals surface area contributed by atoms with Gasteiger partial charge in [0.25, 0.3) is 0 Å². The minimum absolute atomic E-state index is 0.140. The highest BCUT2D eigenvalue weighted by Gasteiger charge is 2.74. The smallest absolute Gasteiger partial charge is 0.302 e. The molecule has 0 radical (unpaired) electrons. The minimum atomic E-state index is -0.537. The van der Waals surface area contributed by atoms with Crippen LogP contribution in [0.3, 0.4) is 0 Å². The molecule has 5 heterocycles. The Morgan fingerprint density at radius 3 is 3.00 bits per heavy atom. The molecule has 1 aromatic carbocycles. The van der Waals surface area contributed by atoms with Crippen molar-refractivity contribution in [2.24, 2.45) is 16.8 Å². The fourth-order valence-electron chi connectivity index (χ4n) is 6.90. The number of piperidine rings is 4. The van der Waals surface area contributed by atoms with E-state index in [1.807, 2.05) is 13.0 Å². The van der Waals surface area contributed by atoms with Crippen LogP contribution in [0.1, 0.15) is 32.3 Å². The maximum Gasteiger partial charge on any atom is 0.302 e. The number of esters is 1. The predicted molar refractivity (Wildman–Crippen MR) is 96.2 cm³/mol. The number of benzene rings is 1. The van der Waals surface area contributed by atoms with Gasteiger partial charge in [-0.1, -0.05) is 24.3 Å². The SMILES string of the molecule is C/C=C1/[C@@H](O)N2[C@H]3C[C@@H]1C1C(OC(C)=O)[C@@]4(C[C@@H]12)C3=Nc1ccccc14. The molecule has 4 saturated heterocycles. The van der Waals surface area contributed by atoms with Crippen LogP contribution in [0.4, 0.5) is 5.69 Å². The van der Waals surface area contributed by atoms with Crippen molar-refractivity contribution in [1.82, 2.24) is 4.90 Å². The number of fused-ring (bicyclic) bond motifs is 2. The van der Waals surface area contributed by atoms with Crippen molar-refractivity contribution in [3.8, 4) is 0 Å². The number of allylic oxidation sites excluding steroid dienone is 1. The van der Waals surface area contributed by atoms with Crippen LogP contribution in [0, 0.1) is 11.8 Å².